The average Bonchev–Trinajstić information content (AvgIpc) is 2.65. The van der Waals surface area contributed by atoms with Gasteiger partial charge in [-0.2, -0.15) is 0 Å². The van der Waals surface area contributed by atoms with Crippen LogP contribution in [0.1, 0.15) is 31.9 Å². The van der Waals surface area contributed by atoms with E-state index in [2.05, 4.69) is 5.32 Å². The topological polar surface area (TPSA) is 49.4 Å². The Labute approximate surface area is 174 Å². The summed E-state index contributed by atoms with van der Waals surface area (Å²) >= 11 is 12.0. The van der Waals surface area contributed by atoms with Crippen LogP contribution >= 0.6 is 23.2 Å². The van der Waals surface area contributed by atoms with E-state index < -0.39 is 6.04 Å². The van der Waals surface area contributed by atoms with Crippen LogP contribution in [0, 0.1) is 11.7 Å². The van der Waals surface area contributed by atoms with E-state index in [0.717, 1.165) is 11.1 Å². The summed E-state index contributed by atoms with van der Waals surface area (Å²) in [6.45, 7) is 5.66. The van der Waals surface area contributed by atoms with Gasteiger partial charge in [0.1, 0.15) is 11.9 Å². The third-order valence-electron chi connectivity index (χ3n) is 4.36. The molecule has 0 saturated carbocycles. The van der Waals surface area contributed by atoms with Crippen molar-refractivity contribution < 1.29 is 14.0 Å². The van der Waals surface area contributed by atoms with Gasteiger partial charge in [-0.3, -0.25) is 9.59 Å². The molecule has 0 saturated heterocycles. The van der Waals surface area contributed by atoms with Crippen molar-refractivity contribution in [1.82, 2.24) is 10.2 Å². The number of benzene rings is 2. The molecule has 0 radical (unpaired) electrons. The van der Waals surface area contributed by atoms with Crippen molar-refractivity contribution in [3.8, 4) is 0 Å². The SMILES string of the molecule is CC(C)C(=O)N(Cc1ccc(F)cc1)[C@H](C)C(=O)NCc1ccc(Cl)cc1Cl. The first-order valence-electron chi connectivity index (χ1n) is 8.95. The molecule has 2 aromatic rings. The number of amides is 2. The number of nitrogens with one attached hydrogen (secondary N) is 1. The van der Waals surface area contributed by atoms with Gasteiger partial charge in [0, 0.05) is 29.1 Å². The number of halogens is 3. The quantitative estimate of drug-likeness (QED) is 0.692. The monoisotopic (exact) mass is 424 g/mol. The highest BCUT2D eigenvalue weighted by molar-refractivity contribution is 6.35. The van der Waals surface area contributed by atoms with Gasteiger partial charge in [0.15, 0.2) is 0 Å². The summed E-state index contributed by atoms with van der Waals surface area (Å²) in [6, 6.07) is 10.2. The molecule has 0 heterocycles. The normalized spacial score (nSPS) is 12.0. The van der Waals surface area contributed by atoms with Gasteiger partial charge in [0.2, 0.25) is 11.8 Å². The van der Waals surface area contributed by atoms with Crippen LogP contribution in [-0.2, 0) is 22.7 Å². The highest BCUT2D eigenvalue weighted by Gasteiger charge is 2.27. The molecular weight excluding hydrogens is 402 g/mol. The smallest absolute Gasteiger partial charge is 0.242 e. The predicted octanol–water partition coefficient (Wildman–Crippen LogP) is 4.82. The van der Waals surface area contributed by atoms with E-state index in [1.165, 1.54) is 17.0 Å². The molecular formula is C21H23Cl2FN2O2. The zero-order chi connectivity index (χ0) is 20.8. The lowest BCUT2D eigenvalue weighted by atomic mass is 10.1. The van der Waals surface area contributed by atoms with Gasteiger partial charge >= 0.3 is 0 Å². The molecule has 1 N–H and O–H groups in total. The maximum Gasteiger partial charge on any atom is 0.242 e. The Balaban J connectivity index is 2.11. The lowest BCUT2D eigenvalue weighted by molar-refractivity contribution is -0.143. The van der Waals surface area contributed by atoms with Crippen molar-refractivity contribution in [2.24, 2.45) is 5.92 Å². The highest BCUT2D eigenvalue weighted by Crippen LogP contribution is 2.21. The summed E-state index contributed by atoms with van der Waals surface area (Å²) in [5.74, 6) is -1.09. The van der Waals surface area contributed by atoms with Gasteiger partial charge in [0.25, 0.3) is 0 Å². The van der Waals surface area contributed by atoms with Crippen LogP contribution in [0.25, 0.3) is 0 Å². The van der Waals surface area contributed by atoms with E-state index in [9.17, 15) is 14.0 Å². The zero-order valence-electron chi connectivity index (χ0n) is 16.0. The van der Waals surface area contributed by atoms with E-state index in [0.29, 0.717) is 10.0 Å². The minimum absolute atomic E-state index is 0.156. The van der Waals surface area contributed by atoms with Gasteiger partial charge in [-0.1, -0.05) is 55.2 Å². The maximum absolute atomic E-state index is 13.2. The fraction of sp³-hybridized carbons (Fsp3) is 0.333. The zero-order valence-corrected chi connectivity index (χ0v) is 17.5. The lowest BCUT2D eigenvalue weighted by Gasteiger charge is -2.30. The first-order valence-corrected chi connectivity index (χ1v) is 9.71. The van der Waals surface area contributed by atoms with Crippen molar-refractivity contribution in [2.75, 3.05) is 0 Å². The summed E-state index contributed by atoms with van der Waals surface area (Å²) in [7, 11) is 0. The Morgan fingerprint density at radius 2 is 1.71 bits per heavy atom. The van der Waals surface area contributed by atoms with Crippen molar-refractivity contribution in [1.29, 1.82) is 0 Å². The van der Waals surface area contributed by atoms with Crippen molar-refractivity contribution >= 4 is 35.0 Å². The standard InChI is InChI=1S/C21H23Cl2FN2O2/c1-13(2)21(28)26(12-15-4-8-18(24)9-5-15)14(3)20(27)25-11-16-6-7-17(22)10-19(16)23/h4-10,13-14H,11-12H2,1-3H3,(H,25,27)/t14-/m1/s1. The molecule has 0 bridgehead atoms. The Bertz CT molecular complexity index is 841. The van der Waals surface area contributed by atoms with E-state index in [4.69, 9.17) is 23.2 Å². The number of carbonyl (C=O) groups is 2. The summed E-state index contributed by atoms with van der Waals surface area (Å²) in [5.41, 5.74) is 1.47. The fourth-order valence-corrected chi connectivity index (χ4v) is 3.14. The molecule has 2 amide bonds. The average molecular weight is 425 g/mol. The van der Waals surface area contributed by atoms with Crippen LogP contribution < -0.4 is 5.32 Å². The van der Waals surface area contributed by atoms with E-state index in [1.54, 1.807) is 51.1 Å². The van der Waals surface area contributed by atoms with Gasteiger partial charge < -0.3 is 10.2 Å². The molecule has 0 unspecified atom stereocenters. The first kappa shape index (κ1) is 22.2. The third kappa shape index (κ3) is 5.94. The minimum atomic E-state index is -0.703. The van der Waals surface area contributed by atoms with E-state index in [1.807, 2.05) is 0 Å². The third-order valence-corrected chi connectivity index (χ3v) is 4.95. The van der Waals surface area contributed by atoms with Gasteiger partial charge in [-0.05, 0) is 42.3 Å². The van der Waals surface area contributed by atoms with Crippen LogP contribution in [0.2, 0.25) is 10.0 Å². The molecule has 2 aromatic carbocycles. The van der Waals surface area contributed by atoms with Gasteiger partial charge in [-0.15, -0.1) is 0 Å². The molecule has 2 rings (SSSR count). The molecule has 7 heteroatoms. The summed E-state index contributed by atoms with van der Waals surface area (Å²) < 4.78 is 13.2. The van der Waals surface area contributed by atoms with Gasteiger partial charge in [0.05, 0.1) is 0 Å². The maximum atomic E-state index is 13.2. The van der Waals surface area contributed by atoms with Crippen LogP contribution in [0.15, 0.2) is 42.5 Å². The highest BCUT2D eigenvalue weighted by atomic mass is 35.5. The molecule has 1 atom stereocenters. The number of hydrogen-bond donors (Lipinski definition) is 1. The Morgan fingerprint density at radius 3 is 2.29 bits per heavy atom. The molecule has 0 spiro atoms. The molecule has 150 valence electrons. The Morgan fingerprint density at radius 1 is 1.07 bits per heavy atom. The van der Waals surface area contributed by atoms with Crippen LogP contribution in [0.3, 0.4) is 0 Å². The van der Waals surface area contributed by atoms with E-state index in [-0.39, 0.29) is 36.6 Å². The first-order chi connectivity index (χ1) is 13.2. The van der Waals surface area contributed by atoms with Crippen LogP contribution in [0.5, 0.6) is 0 Å². The molecule has 4 nitrogen and oxygen atoms in total. The largest absolute Gasteiger partial charge is 0.350 e. The van der Waals surface area contributed by atoms with Crippen LogP contribution in [0.4, 0.5) is 4.39 Å². The van der Waals surface area contributed by atoms with Gasteiger partial charge in [-0.25, -0.2) is 4.39 Å². The van der Waals surface area contributed by atoms with Crippen molar-refractivity contribution in [3.63, 3.8) is 0 Å². The molecule has 0 aliphatic rings. The molecule has 0 aliphatic heterocycles. The molecule has 0 fully saturated rings. The number of nitrogens with zero attached hydrogens (tertiary/aromatic N) is 1. The molecule has 0 aliphatic carbocycles. The summed E-state index contributed by atoms with van der Waals surface area (Å²) in [5, 5.41) is 3.78. The van der Waals surface area contributed by atoms with Crippen molar-refractivity contribution in [2.45, 2.75) is 39.9 Å². The van der Waals surface area contributed by atoms with E-state index >= 15 is 0 Å². The summed E-state index contributed by atoms with van der Waals surface area (Å²) in [6.07, 6.45) is 0. The predicted molar refractivity (Wildman–Crippen MR) is 110 cm³/mol. The molecule has 28 heavy (non-hydrogen) atoms. The summed E-state index contributed by atoms with van der Waals surface area (Å²) in [4.78, 5) is 26.8. The number of rotatable bonds is 7. The Kier molecular flexibility index (Phi) is 7.84. The lowest BCUT2D eigenvalue weighted by Crippen LogP contribution is -2.48. The van der Waals surface area contributed by atoms with Crippen LogP contribution in [-0.4, -0.2) is 22.8 Å². The number of hydrogen-bond acceptors (Lipinski definition) is 2. The second-order valence-electron chi connectivity index (χ2n) is 6.88. The minimum Gasteiger partial charge on any atom is -0.350 e. The number of carbonyl (C=O) groups excluding carboxylic acids is 2. The second kappa shape index (κ2) is 9.89. The molecule has 0 aromatic heterocycles. The second-order valence-corrected chi connectivity index (χ2v) is 7.72. The van der Waals surface area contributed by atoms with Crippen molar-refractivity contribution in [3.05, 3.63) is 69.5 Å². The fourth-order valence-electron chi connectivity index (χ4n) is 2.66. The Hall–Kier alpha value is -2.11.